The fourth-order valence-electron chi connectivity index (χ4n) is 2.64. The Balaban J connectivity index is 2.01. The summed E-state index contributed by atoms with van der Waals surface area (Å²) in [6.45, 7) is 5.98. The summed E-state index contributed by atoms with van der Waals surface area (Å²) < 4.78 is 5.37. The molecule has 0 radical (unpaired) electrons. The number of nitrogens with one attached hydrogen (secondary N) is 1. The standard InChI is InChI=1S/C14H22N2O4/c1-14(2,3)20-13(19)10-5-4-8-16(10)12(18)9-6-7-11(17)15-9/h9-10H,4-8H2,1-3H3,(H,15,17)/t9?,10-/m1/s1. The lowest BCUT2D eigenvalue weighted by molar-refractivity contribution is -0.163. The van der Waals surface area contributed by atoms with Crippen molar-refractivity contribution in [2.75, 3.05) is 6.54 Å². The van der Waals surface area contributed by atoms with E-state index in [1.54, 1.807) is 4.90 Å². The van der Waals surface area contributed by atoms with E-state index in [-0.39, 0.29) is 17.8 Å². The molecule has 2 saturated heterocycles. The highest BCUT2D eigenvalue weighted by atomic mass is 16.6. The van der Waals surface area contributed by atoms with Crippen LogP contribution in [-0.2, 0) is 19.1 Å². The largest absolute Gasteiger partial charge is 0.458 e. The van der Waals surface area contributed by atoms with Gasteiger partial charge in [0.2, 0.25) is 11.8 Å². The average Bonchev–Trinajstić information content (AvgIpc) is 2.93. The van der Waals surface area contributed by atoms with Crippen molar-refractivity contribution in [2.45, 2.75) is 64.1 Å². The number of hydrogen-bond donors (Lipinski definition) is 1. The molecule has 1 N–H and O–H groups in total. The van der Waals surface area contributed by atoms with Crippen LogP contribution < -0.4 is 5.32 Å². The fraction of sp³-hybridized carbons (Fsp3) is 0.786. The monoisotopic (exact) mass is 282 g/mol. The minimum Gasteiger partial charge on any atom is -0.458 e. The summed E-state index contributed by atoms with van der Waals surface area (Å²) in [7, 11) is 0. The number of rotatable bonds is 2. The van der Waals surface area contributed by atoms with Crippen molar-refractivity contribution >= 4 is 17.8 Å². The number of nitrogens with zero attached hydrogens (tertiary/aromatic N) is 1. The van der Waals surface area contributed by atoms with Gasteiger partial charge >= 0.3 is 5.97 Å². The van der Waals surface area contributed by atoms with Crippen LogP contribution in [0.3, 0.4) is 0 Å². The van der Waals surface area contributed by atoms with E-state index >= 15 is 0 Å². The molecule has 6 heteroatoms. The molecular weight excluding hydrogens is 260 g/mol. The number of carbonyl (C=O) groups is 3. The summed E-state index contributed by atoms with van der Waals surface area (Å²) in [6, 6.07) is -0.996. The number of amides is 2. The summed E-state index contributed by atoms with van der Waals surface area (Å²) >= 11 is 0. The lowest BCUT2D eigenvalue weighted by atomic mass is 10.1. The van der Waals surface area contributed by atoms with Crippen LogP contribution in [0.5, 0.6) is 0 Å². The maximum absolute atomic E-state index is 12.4. The third-order valence-electron chi connectivity index (χ3n) is 3.51. The van der Waals surface area contributed by atoms with Crippen molar-refractivity contribution in [1.29, 1.82) is 0 Å². The molecule has 0 spiro atoms. The van der Waals surface area contributed by atoms with Crippen LogP contribution in [0.1, 0.15) is 46.5 Å². The molecule has 2 heterocycles. The quantitative estimate of drug-likeness (QED) is 0.752. The summed E-state index contributed by atoms with van der Waals surface area (Å²) in [6.07, 6.45) is 2.30. The van der Waals surface area contributed by atoms with Crippen molar-refractivity contribution in [3.05, 3.63) is 0 Å². The van der Waals surface area contributed by atoms with E-state index in [9.17, 15) is 14.4 Å². The Morgan fingerprint density at radius 1 is 1.30 bits per heavy atom. The van der Waals surface area contributed by atoms with Gasteiger partial charge in [-0.1, -0.05) is 0 Å². The van der Waals surface area contributed by atoms with Gasteiger partial charge in [-0.2, -0.15) is 0 Å². The molecule has 2 fully saturated rings. The molecule has 2 atom stereocenters. The Kier molecular flexibility index (Phi) is 4.01. The van der Waals surface area contributed by atoms with Crippen molar-refractivity contribution in [2.24, 2.45) is 0 Å². The van der Waals surface area contributed by atoms with Gasteiger partial charge in [-0.3, -0.25) is 9.59 Å². The fourth-order valence-corrected chi connectivity index (χ4v) is 2.64. The number of likely N-dealkylation sites (tertiary alicyclic amines) is 1. The zero-order valence-electron chi connectivity index (χ0n) is 12.3. The van der Waals surface area contributed by atoms with Crippen LogP contribution in [-0.4, -0.2) is 46.9 Å². The minimum atomic E-state index is -0.560. The molecule has 0 bridgehead atoms. The van der Waals surface area contributed by atoms with Gasteiger partial charge in [0.05, 0.1) is 0 Å². The van der Waals surface area contributed by atoms with Gasteiger partial charge in [0.25, 0.3) is 0 Å². The molecule has 0 aromatic rings. The number of carbonyl (C=O) groups excluding carboxylic acids is 3. The predicted octanol–water partition coefficient (Wildman–Crippen LogP) is 0.598. The molecule has 2 aliphatic rings. The molecule has 0 saturated carbocycles. The third kappa shape index (κ3) is 3.29. The zero-order valence-corrected chi connectivity index (χ0v) is 12.3. The highest BCUT2D eigenvalue weighted by Gasteiger charge is 2.40. The first-order valence-electron chi connectivity index (χ1n) is 7.10. The molecular formula is C14H22N2O4. The van der Waals surface area contributed by atoms with E-state index in [0.29, 0.717) is 25.8 Å². The first-order valence-corrected chi connectivity index (χ1v) is 7.10. The Bertz CT molecular complexity index is 427. The second-order valence-electron chi connectivity index (χ2n) is 6.38. The Morgan fingerprint density at radius 3 is 2.55 bits per heavy atom. The molecule has 20 heavy (non-hydrogen) atoms. The van der Waals surface area contributed by atoms with Crippen LogP contribution in [0.25, 0.3) is 0 Å². The third-order valence-corrected chi connectivity index (χ3v) is 3.51. The first kappa shape index (κ1) is 14.8. The predicted molar refractivity (Wildman–Crippen MR) is 71.7 cm³/mol. The van der Waals surface area contributed by atoms with Gasteiger partial charge < -0.3 is 15.0 Å². The Labute approximate surface area is 118 Å². The van der Waals surface area contributed by atoms with Crippen LogP contribution in [0.2, 0.25) is 0 Å². The number of esters is 1. The lowest BCUT2D eigenvalue weighted by Crippen LogP contribution is -2.50. The maximum atomic E-state index is 12.4. The van der Waals surface area contributed by atoms with Crippen LogP contribution in [0.4, 0.5) is 0 Å². The topological polar surface area (TPSA) is 75.7 Å². The van der Waals surface area contributed by atoms with Crippen molar-refractivity contribution in [3.8, 4) is 0 Å². The summed E-state index contributed by atoms with van der Waals surface area (Å²) in [5.74, 6) is -0.617. The molecule has 2 rings (SSSR count). The van der Waals surface area contributed by atoms with Crippen LogP contribution >= 0.6 is 0 Å². The van der Waals surface area contributed by atoms with E-state index < -0.39 is 17.7 Å². The molecule has 0 aromatic carbocycles. The smallest absolute Gasteiger partial charge is 0.329 e. The SMILES string of the molecule is CC(C)(C)OC(=O)[C@H]1CCCN1C(=O)C1CCC(=O)N1. The second-order valence-corrected chi connectivity index (χ2v) is 6.38. The normalized spacial score (nSPS) is 26.6. The average molecular weight is 282 g/mol. The molecule has 112 valence electrons. The summed E-state index contributed by atoms with van der Waals surface area (Å²) in [5, 5.41) is 2.66. The van der Waals surface area contributed by atoms with Crippen molar-refractivity contribution < 1.29 is 19.1 Å². The number of hydrogen-bond acceptors (Lipinski definition) is 4. The van der Waals surface area contributed by atoms with E-state index in [4.69, 9.17) is 4.74 Å². The highest BCUT2D eigenvalue weighted by molar-refractivity contribution is 5.93. The van der Waals surface area contributed by atoms with Gasteiger partial charge in [-0.25, -0.2) is 4.79 Å². The minimum absolute atomic E-state index is 0.101. The lowest BCUT2D eigenvalue weighted by Gasteiger charge is -2.28. The summed E-state index contributed by atoms with van der Waals surface area (Å²) in [5.41, 5.74) is -0.560. The van der Waals surface area contributed by atoms with Crippen LogP contribution in [0, 0.1) is 0 Å². The van der Waals surface area contributed by atoms with Crippen molar-refractivity contribution in [1.82, 2.24) is 10.2 Å². The van der Waals surface area contributed by atoms with Crippen molar-refractivity contribution in [3.63, 3.8) is 0 Å². The molecule has 6 nitrogen and oxygen atoms in total. The Morgan fingerprint density at radius 2 is 2.00 bits per heavy atom. The van der Waals surface area contributed by atoms with Gasteiger partial charge in [0.1, 0.15) is 17.7 Å². The molecule has 1 unspecified atom stereocenters. The maximum Gasteiger partial charge on any atom is 0.329 e. The second kappa shape index (κ2) is 5.42. The summed E-state index contributed by atoms with van der Waals surface area (Å²) in [4.78, 5) is 37.3. The highest BCUT2D eigenvalue weighted by Crippen LogP contribution is 2.23. The van der Waals surface area contributed by atoms with E-state index in [2.05, 4.69) is 5.32 Å². The Hall–Kier alpha value is -1.59. The zero-order chi connectivity index (χ0) is 14.9. The molecule has 2 aliphatic heterocycles. The van der Waals surface area contributed by atoms with Gasteiger partial charge in [-0.15, -0.1) is 0 Å². The first-order chi connectivity index (χ1) is 9.28. The van der Waals surface area contributed by atoms with Crippen LogP contribution in [0.15, 0.2) is 0 Å². The number of ether oxygens (including phenoxy) is 1. The molecule has 0 aromatic heterocycles. The van der Waals surface area contributed by atoms with Gasteiger partial charge in [0.15, 0.2) is 0 Å². The van der Waals surface area contributed by atoms with E-state index in [0.717, 1.165) is 6.42 Å². The van der Waals surface area contributed by atoms with Gasteiger partial charge in [0, 0.05) is 13.0 Å². The molecule has 0 aliphatic carbocycles. The van der Waals surface area contributed by atoms with E-state index in [1.165, 1.54) is 0 Å². The van der Waals surface area contributed by atoms with E-state index in [1.807, 2.05) is 20.8 Å². The molecule has 2 amide bonds. The van der Waals surface area contributed by atoms with Gasteiger partial charge in [-0.05, 0) is 40.0 Å².